The number of nitrogen functional groups attached to an aromatic ring is 1. The minimum Gasteiger partial charge on any atom is -0.368 e. The molecule has 0 atom stereocenters. The maximum atomic E-state index is 5.78. The summed E-state index contributed by atoms with van der Waals surface area (Å²) in [5, 5.41) is 4.01. The summed E-state index contributed by atoms with van der Waals surface area (Å²) in [6.45, 7) is 2.15. The van der Waals surface area contributed by atoms with Crippen LogP contribution in [0.3, 0.4) is 0 Å². The summed E-state index contributed by atoms with van der Waals surface area (Å²) in [5.74, 6) is 1.05. The molecule has 0 radical (unpaired) electrons. The van der Waals surface area contributed by atoms with Gasteiger partial charge < -0.3 is 5.73 Å². The fourth-order valence-electron chi connectivity index (χ4n) is 2.08. The van der Waals surface area contributed by atoms with Gasteiger partial charge in [0.1, 0.15) is 12.7 Å². The van der Waals surface area contributed by atoms with Crippen LogP contribution in [0, 0.1) is 0 Å². The molecule has 21 heavy (non-hydrogen) atoms. The van der Waals surface area contributed by atoms with Gasteiger partial charge in [-0.25, -0.2) is 4.98 Å². The number of benzene rings is 1. The molecule has 1 aromatic carbocycles. The van der Waals surface area contributed by atoms with Gasteiger partial charge in [0.2, 0.25) is 5.95 Å². The van der Waals surface area contributed by atoms with Crippen molar-refractivity contribution in [3.05, 3.63) is 42.5 Å². The van der Waals surface area contributed by atoms with Crippen molar-refractivity contribution in [3.63, 3.8) is 0 Å². The van der Waals surface area contributed by atoms with Gasteiger partial charge in [-0.2, -0.15) is 24.7 Å². The SMILES string of the molecule is CCCc1cccc(-c2nc(N)nc(-n3cncn3)n2)c1. The van der Waals surface area contributed by atoms with E-state index in [2.05, 4.69) is 44.1 Å². The zero-order chi connectivity index (χ0) is 14.7. The Bertz CT molecular complexity index is 737. The first-order chi connectivity index (χ1) is 10.3. The van der Waals surface area contributed by atoms with Crippen LogP contribution in [0.5, 0.6) is 0 Å². The van der Waals surface area contributed by atoms with Crippen molar-refractivity contribution in [3.8, 4) is 17.3 Å². The van der Waals surface area contributed by atoms with Crippen LogP contribution in [-0.4, -0.2) is 29.7 Å². The molecule has 0 bridgehead atoms. The monoisotopic (exact) mass is 281 g/mol. The highest BCUT2D eigenvalue weighted by atomic mass is 15.4. The van der Waals surface area contributed by atoms with Crippen LogP contribution >= 0.6 is 0 Å². The summed E-state index contributed by atoms with van der Waals surface area (Å²) in [6, 6.07) is 8.12. The first-order valence-electron chi connectivity index (χ1n) is 6.72. The van der Waals surface area contributed by atoms with E-state index in [9.17, 15) is 0 Å². The Morgan fingerprint density at radius 3 is 2.86 bits per heavy atom. The van der Waals surface area contributed by atoms with Crippen molar-refractivity contribution in [1.82, 2.24) is 29.7 Å². The lowest BCUT2D eigenvalue weighted by molar-refractivity contribution is 0.800. The van der Waals surface area contributed by atoms with Gasteiger partial charge in [0.15, 0.2) is 5.82 Å². The van der Waals surface area contributed by atoms with Crippen LogP contribution in [0.1, 0.15) is 18.9 Å². The molecule has 0 unspecified atom stereocenters. The molecule has 0 spiro atoms. The Hall–Kier alpha value is -2.83. The molecule has 0 amide bonds. The summed E-state index contributed by atoms with van der Waals surface area (Å²) in [5.41, 5.74) is 7.94. The standard InChI is InChI=1S/C14H15N7/c1-2-4-10-5-3-6-11(7-10)12-18-13(15)20-14(19-12)21-9-16-8-17-21/h3,5-9H,2,4H2,1H3,(H2,15,18,19,20). The quantitative estimate of drug-likeness (QED) is 0.781. The highest BCUT2D eigenvalue weighted by molar-refractivity contribution is 5.57. The third-order valence-electron chi connectivity index (χ3n) is 2.99. The van der Waals surface area contributed by atoms with Crippen LogP contribution in [0.25, 0.3) is 17.3 Å². The number of hydrogen-bond donors (Lipinski definition) is 1. The number of aryl methyl sites for hydroxylation is 1. The van der Waals surface area contributed by atoms with E-state index in [0.29, 0.717) is 11.8 Å². The second-order valence-corrected chi connectivity index (χ2v) is 4.61. The van der Waals surface area contributed by atoms with Gasteiger partial charge >= 0.3 is 0 Å². The van der Waals surface area contributed by atoms with Crippen molar-refractivity contribution >= 4 is 5.95 Å². The summed E-state index contributed by atoms with van der Waals surface area (Å²) < 4.78 is 1.46. The van der Waals surface area contributed by atoms with Crippen LogP contribution in [0.4, 0.5) is 5.95 Å². The number of nitrogens with two attached hydrogens (primary N) is 1. The number of rotatable bonds is 4. The lowest BCUT2D eigenvalue weighted by Gasteiger charge is -2.06. The highest BCUT2D eigenvalue weighted by Crippen LogP contribution is 2.18. The Kier molecular flexibility index (Phi) is 3.55. The van der Waals surface area contributed by atoms with Crippen LogP contribution in [0.15, 0.2) is 36.9 Å². The molecule has 3 rings (SSSR count). The molecule has 0 saturated carbocycles. The predicted molar refractivity (Wildman–Crippen MR) is 78.6 cm³/mol. The van der Waals surface area contributed by atoms with Gasteiger partial charge in [-0.05, 0) is 18.1 Å². The molecule has 2 aromatic heterocycles. The fourth-order valence-corrected chi connectivity index (χ4v) is 2.08. The van der Waals surface area contributed by atoms with E-state index >= 15 is 0 Å². The van der Waals surface area contributed by atoms with Gasteiger partial charge in [-0.1, -0.05) is 31.5 Å². The number of nitrogens with zero attached hydrogens (tertiary/aromatic N) is 6. The molecule has 0 fully saturated rings. The van der Waals surface area contributed by atoms with Gasteiger partial charge in [-0.15, -0.1) is 0 Å². The number of anilines is 1. The first-order valence-corrected chi connectivity index (χ1v) is 6.72. The molecule has 0 aliphatic carbocycles. The smallest absolute Gasteiger partial charge is 0.257 e. The van der Waals surface area contributed by atoms with E-state index in [4.69, 9.17) is 5.73 Å². The Morgan fingerprint density at radius 1 is 1.19 bits per heavy atom. The normalized spacial score (nSPS) is 10.7. The maximum absolute atomic E-state index is 5.78. The second-order valence-electron chi connectivity index (χ2n) is 4.61. The van der Waals surface area contributed by atoms with Gasteiger partial charge in [0, 0.05) is 5.56 Å². The zero-order valence-electron chi connectivity index (χ0n) is 11.6. The average Bonchev–Trinajstić information content (AvgIpc) is 3.01. The number of hydrogen-bond acceptors (Lipinski definition) is 6. The first kappa shape index (κ1) is 13.2. The largest absolute Gasteiger partial charge is 0.368 e. The van der Waals surface area contributed by atoms with Gasteiger partial charge in [0.05, 0.1) is 0 Å². The van der Waals surface area contributed by atoms with Gasteiger partial charge in [0.25, 0.3) is 5.95 Å². The maximum Gasteiger partial charge on any atom is 0.257 e. The molecular weight excluding hydrogens is 266 g/mol. The van der Waals surface area contributed by atoms with Crippen molar-refractivity contribution in [2.45, 2.75) is 19.8 Å². The van der Waals surface area contributed by atoms with E-state index in [1.807, 2.05) is 12.1 Å². The van der Waals surface area contributed by atoms with Gasteiger partial charge in [-0.3, -0.25) is 0 Å². The third-order valence-corrected chi connectivity index (χ3v) is 2.99. The molecule has 7 heteroatoms. The fraction of sp³-hybridized carbons (Fsp3) is 0.214. The number of aromatic nitrogens is 6. The van der Waals surface area contributed by atoms with E-state index in [1.165, 1.54) is 22.9 Å². The van der Waals surface area contributed by atoms with E-state index in [1.54, 1.807) is 0 Å². The summed E-state index contributed by atoms with van der Waals surface area (Å²) in [6.07, 6.45) is 5.05. The predicted octanol–water partition coefficient (Wildman–Crippen LogP) is 1.65. The molecule has 0 aliphatic rings. The molecule has 2 N–H and O–H groups in total. The van der Waals surface area contributed by atoms with Crippen LogP contribution in [-0.2, 0) is 6.42 Å². The summed E-state index contributed by atoms with van der Waals surface area (Å²) >= 11 is 0. The Labute approximate surface area is 121 Å². The highest BCUT2D eigenvalue weighted by Gasteiger charge is 2.09. The lowest BCUT2D eigenvalue weighted by Crippen LogP contribution is -2.08. The van der Waals surface area contributed by atoms with E-state index < -0.39 is 0 Å². The average molecular weight is 281 g/mol. The van der Waals surface area contributed by atoms with Crippen molar-refractivity contribution in [1.29, 1.82) is 0 Å². The Morgan fingerprint density at radius 2 is 2.10 bits per heavy atom. The molecular formula is C14H15N7. The van der Waals surface area contributed by atoms with Crippen molar-refractivity contribution in [2.24, 2.45) is 0 Å². The summed E-state index contributed by atoms with van der Waals surface area (Å²) in [4.78, 5) is 16.6. The van der Waals surface area contributed by atoms with Crippen LogP contribution < -0.4 is 5.73 Å². The minimum absolute atomic E-state index is 0.159. The third kappa shape index (κ3) is 2.86. The Balaban J connectivity index is 2.04. The van der Waals surface area contributed by atoms with E-state index in [0.717, 1.165) is 18.4 Å². The van der Waals surface area contributed by atoms with Crippen molar-refractivity contribution < 1.29 is 0 Å². The zero-order valence-corrected chi connectivity index (χ0v) is 11.6. The second kappa shape index (κ2) is 5.66. The van der Waals surface area contributed by atoms with E-state index in [-0.39, 0.29) is 5.95 Å². The molecule has 2 heterocycles. The molecule has 3 aromatic rings. The molecule has 0 aliphatic heterocycles. The topological polar surface area (TPSA) is 95.4 Å². The van der Waals surface area contributed by atoms with Crippen molar-refractivity contribution in [2.75, 3.05) is 5.73 Å². The summed E-state index contributed by atoms with van der Waals surface area (Å²) in [7, 11) is 0. The van der Waals surface area contributed by atoms with Crippen LogP contribution in [0.2, 0.25) is 0 Å². The minimum atomic E-state index is 0.159. The molecule has 7 nitrogen and oxygen atoms in total. The lowest BCUT2D eigenvalue weighted by atomic mass is 10.1. The molecule has 106 valence electrons. The molecule has 0 saturated heterocycles.